The highest BCUT2D eigenvalue weighted by molar-refractivity contribution is 5.24. The highest BCUT2D eigenvalue weighted by atomic mass is 16.5. The molecule has 1 fully saturated rings. The molecule has 0 aliphatic carbocycles. The van der Waals surface area contributed by atoms with Crippen LogP contribution in [0.2, 0.25) is 0 Å². The number of benzene rings is 1. The largest absolute Gasteiger partial charge is 0.387 e. The van der Waals surface area contributed by atoms with Crippen molar-refractivity contribution in [1.29, 1.82) is 0 Å². The van der Waals surface area contributed by atoms with Crippen molar-refractivity contribution in [2.75, 3.05) is 19.7 Å². The van der Waals surface area contributed by atoms with Crippen molar-refractivity contribution < 1.29 is 9.84 Å². The number of hydrogen-bond acceptors (Lipinski definition) is 3. The van der Waals surface area contributed by atoms with Gasteiger partial charge >= 0.3 is 0 Å². The molecule has 1 aromatic rings. The van der Waals surface area contributed by atoms with Gasteiger partial charge in [0.25, 0.3) is 0 Å². The number of hydrogen-bond donors (Lipinski definition) is 2. The van der Waals surface area contributed by atoms with Crippen molar-refractivity contribution in [3.63, 3.8) is 0 Å². The highest BCUT2D eigenvalue weighted by Gasteiger charge is 2.15. The van der Waals surface area contributed by atoms with Gasteiger partial charge in [0.15, 0.2) is 0 Å². The van der Waals surface area contributed by atoms with Crippen LogP contribution in [0.15, 0.2) is 24.3 Å². The van der Waals surface area contributed by atoms with Crippen LogP contribution in [-0.4, -0.2) is 30.9 Å². The van der Waals surface area contributed by atoms with Crippen LogP contribution in [0.25, 0.3) is 0 Å². The van der Waals surface area contributed by atoms with Crippen molar-refractivity contribution in [2.45, 2.75) is 45.3 Å². The summed E-state index contributed by atoms with van der Waals surface area (Å²) in [4.78, 5) is 0. The van der Waals surface area contributed by atoms with Crippen LogP contribution in [0.1, 0.15) is 43.9 Å². The summed E-state index contributed by atoms with van der Waals surface area (Å²) < 4.78 is 5.55. The fourth-order valence-corrected chi connectivity index (χ4v) is 2.65. The van der Waals surface area contributed by atoms with Crippen molar-refractivity contribution in [2.24, 2.45) is 5.92 Å². The molecule has 0 radical (unpaired) electrons. The fraction of sp³-hybridized carbons (Fsp3) is 0.647. The van der Waals surface area contributed by atoms with Crippen LogP contribution >= 0.6 is 0 Å². The third kappa shape index (κ3) is 4.89. The number of ether oxygens (including phenoxy) is 1. The lowest BCUT2D eigenvalue weighted by Gasteiger charge is -2.15. The maximum Gasteiger partial charge on any atom is 0.0914 e. The van der Waals surface area contributed by atoms with E-state index in [4.69, 9.17) is 4.74 Å². The number of aliphatic hydroxyl groups is 1. The van der Waals surface area contributed by atoms with Gasteiger partial charge in [-0.1, -0.05) is 38.1 Å². The number of aliphatic hydroxyl groups excluding tert-OH is 1. The average molecular weight is 277 g/mol. The van der Waals surface area contributed by atoms with Crippen LogP contribution < -0.4 is 5.32 Å². The van der Waals surface area contributed by atoms with E-state index in [1.165, 1.54) is 5.56 Å². The molecule has 2 N–H and O–H groups in total. The lowest BCUT2D eigenvalue weighted by Crippen LogP contribution is -2.29. The molecule has 3 heteroatoms. The van der Waals surface area contributed by atoms with E-state index in [0.717, 1.165) is 38.0 Å². The first-order valence-corrected chi connectivity index (χ1v) is 7.74. The van der Waals surface area contributed by atoms with Crippen molar-refractivity contribution in [3.05, 3.63) is 35.4 Å². The molecule has 1 saturated heterocycles. The molecule has 1 aliphatic heterocycles. The Balaban J connectivity index is 1.75. The zero-order valence-electron chi connectivity index (χ0n) is 12.6. The third-order valence-corrected chi connectivity index (χ3v) is 3.74. The maximum atomic E-state index is 10.2. The van der Waals surface area contributed by atoms with E-state index in [-0.39, 0.29) is 0 Å². The second-order valence-electron chi connectivity index (χ2n) is 6.15. The summed E-state index contributed by atoms with van der Waals surface area (Å²) in [7, 11) is 0. The van der Waals surface area contributed by atoms with Gasteiger partial charge in [-0.2, -0.15) is 0 Å². The minimum Gasteiger partial charge on any atom is -0.387 e. The van der Waals surface area contributed by atoms with Crippen LogP contribution in [0.4, 0.5) is 0 Å². The number of rotatable bonds is 7. The molecule has 0 saturated carbocycles. The summed E-state index contributed by atoms with van der Waals surface area (Å²) >= 11 is 0. The Hall–Kier alpha value is -0.900. The fourth-order valence-electron chi connectivity index (χ4n) is 2.65. The molecule has 2 unspecified atom stereocenters. The van der Waals surface area contributed by atoms with Gasteiger partial charge in [-0.15, -0.1) is 0 Å². The summed E-state index contributed by atoms with van der Waals surface area (Å²) in [5, 5.41) is 13.5. The Morgan fingerprint density at radius 1 is 1.30 bits per heavy atom. The summed E-state index contributed by atoms with van der Waals surface area (Å²) in [5.74, 6) is 0.666. The highest BCUT2D eigenvalue weighted by Crippen LogP contribution is 2.16. The molecule has 2 atom stereocenters. The Labute approximate surface area is 122 Å². The maximum absolute atomic E-state index is 10.2. The first kappa shape index (κ1) is 15.5. The third-order valence-electron chi connectivity index (χ3n) is 3.74. The van der Waals surface area contributed by atoms with Gasteiger partial charge in [0.2, 0.25) is 0 Å². The molecule has 3 nitrogen and oxygen atoms in total. The normalized spacial score (nSPS) is 20.5. The minimum atomic E-state index is -0.440. The van der Waals surface area contributed by atoms with Crippen LogP contribution in [0.3, 0.4) is 0 Å². The molecular formula is C17H27NO2. The second kappa shape index (κ2) is 7.77. The van der Waals surface area contributed by atoms with Crippen molar-refractivity contribution in [1.82, 2.24) is 5.32 Å². The van der Waals surface area contributed by atoms with E-state index in [2.05, 4.69) is 31.3 Å². The van der Waals surface area contributed by atoms with Gasteiger partial charge < -0.3 is 15.2 Å². The molecule has 2 rings (SSSR count). The molecule has 0 bridgehead atoms. The Morgan fingerprint density at radius 3 is 2.65 bits per heavy atom. The van der Waals surface area contributed by atoms with Crippen LogP contribution in [0, 0.1) is 5.92 Å². The molecule has 1 heterocycles. The predicted octanol–water partition coefficient (Wildman–Crippen LogP) is 2.69. The van der Waals surface area contributed by atoms with Crippen LogP contribution in [0.5, 0.6) is 0 Å². The summed E-state index contributed by atoms with van der Waals surface area (Å²) in [5.41, 5.74) is 2.32. The van der Waals surface area contributed by atoms with E-state index in [9.17, 15) is 5.11 Å². The molecule has 112 valence electrons. The lowest BCUT2D eigenvalue weighted by atomic mass is 10.0. The molecule has 0 spiro atoms. The van der Waals surface area contributed by atoms with Gasteiger partial charge in [-0.3, -0.25) is 0 Å². The predicted molar refractivity (Wildman–Crippen MR) is 81.8 cm³/mol. The van der Waals surface area contributed by atoms with Gasteiger partial charge in [0, 0.05) is 19.7 Å². The summed E-state index contributed by atoms with van der Waals surface area (Å²) in [6.45, 7) is 6.74. The van der Waals surface area contributed by atoms with Crippen molar-refractivity contribution >= 4 is 0 Å². The molecule has 1 aliphatic rings. The van der Waals surface area contributed by atoms with E-state index < -0.39 is 6.10 Å². The topological polar surface area (TPSA) is 41.5 Å². The Bertz CT molecular complexity index is 382. The van der Waals surface area contributed by atoms with E-state index in [0.29, 0.717) is 18.6 Å². The number of nitrogens with one attached hydrogen (secondary N) is 1. The van der Waals surface area contributed by atoms with E-state index in [1.807, 2.05) is 12.1 Å². The minimum absolute atomic E-state index is 0.329. The molecule has 20 heavy (non-hydrogen) atoms. The van der Waals surface area contributed by atoms with Crippen LogP contribution in [-0.2, 0) is 11.2 Å². The zero-order chi connectivity index (χ0) is 14.4. The zero-order valence-corrected chi connectivity index (χ0v) is 12.6. The van der Waals surface area contributed by atoms with Gasteiger partial charge in [0.05, 0.1) is 12.2 Å². The first-order valence-electron chi connectivity index (χ1n) is 7.74. The Kier molecular flexibility index (Phi) is 6.02. The molecule has 1 aromatic carbocycles. The standard InChI is InChI=1S/C17H27NO2/c1-13(2)10-14-5-7-15(8-6-14)17(19)12-18-11-16-4-3-9-20-16/h5-8,13,16-19H,3-4,9-12H2,1-2H3. The smallest absolute Gasteiger partial charge is 0.0914 e. The van der Waals surface area contributed by atoms with Gasteiger partial charge in [0.1, 0.15) is 0 Å². The molecule has 0 aromatic heterocycles. The summed E-state index contributed by atoms with van der Waals surface area (Å²) in [6.07, 6.45) is 3.27. The second-order valence-corrected chi connectivity index (χ2v) is 6.15. The first-order chi connectivity index (χ1) is 9.65. The van der Waals surface area contributed by atoms with Gasteiger partial charge in [-0.25, -0.2) is 0 Å². The lowest BCUT2D eigenvalue weighted by molar-refractivity contribution is 0.103. The Morgan fingerprint density at radius 2 is 2.05 bits per heavy atom. The summed E-state index contributed by atoms with van der Waals surface area (Å²) in [6, 6.07) is 8.32. The molecular weight excluding hydrogens is 250 g/mol. The SMILES string of the molecule is CC(C)Cc1ccc(C(O)CNCC2CCCO2)cc1. The van der Waals surface area contributed by atoms with Gasteiger partial charge in [-0.05, 0) is 36.3 Å². The van der Waals surface area contributed by atoms with Crippen molar-refractivity contribution in [3.8, 4) is 0 Å². The molecule has 0 amide bonds. The van der Waals surface area contributed by atoms with E-state index >= 15 is 0 Å². The quantitative estimate of drug-likeness (QED) is 0.805. The average Bonchev–Trinajstić information content (AvgIpc) is 2.92. The monoisotopic (exact) mass is 277 g/mol. The van der Waals surface area contributed by atoms with E-state index in [1.54, 1.807) is 0 Å².